The summed E-state index contributed by atoms with van der Waals surface area (Å²) in [7, 11) is 0. The van der Waals surface area contributed by atoms with Gasteiger partial charge in [-0.2, -0.15) is 0 Å². The molecule has 0 atom stereocenters. The number of aliphatic hydroxyl groups is 2. The number of nitrogens with zero attached hydrogens (tertiary/aromatic N) is 2. The number of esters is 2. The highest BCUT2D eigenvalue weighted by Gasteiger charge is 2.33. The second-order valence-electron chi connectivity index (χ2n) is 5.42. The number of hydrogen-bond donors (Lipinski definition) is 2. The van der Waals surface area contributed by atoms with Gasteiger partial charge in [0, 0.05) is 17.8 Å². The van der Waals surface area contributed by atoms with Crippen LogP contribution in [-0.2, 0) is 19.1 Å². The molecule has 0 heterocycles. The van der Waals surface area contributed by atoms with Crippen molar-refractivity contribution in [3.63, 3.8) is 0 Å². The van der Waals surface area contributed by atoms with Crippen molar-refractivity contribution >= 4 is 23.3 Å². The van der Waals surface area contributed by atoms with Crippen LogP contribution in [0.15, 0.2) is 47.2 Å². The summed E-state index contributed by atoms with van der Waals surface area (Å²) in [6.45, 7) is 5.47. The van der Waals surface area contributed by atoms with Crippen LogP contribution in [-0.4, -0.2) is 40.3 Å². The fourth-order valence-electron chi connectivity index (χ4n) is 2.29. The first-order valence-corrected chi connectivity index (χ1v) is 8.34. The minimum atomic E-state index is -0.969. The van der Waals surface area contributed by atoms with Gasteiger partial charge in [-0.1, -0.05) is 0 Å². The molecule has 1 aromatic rings. The van der Waals surface area contributed by atoms with Gasteiger partial charge in [-0.05, 0) is 39.8 Å². The van der Waals surface area contributed by atoms with Crippen molar-refractivity contribution in [2.45, 2.75) is 27.7 Å². The lowest BCUT2D eigenvalue weighted by atomic mass is 10.2. The van der Waals surface area contributed by atoms with Crippen molar-refractivity contribution in [3.8, 4) is 0 Å². The highest BCUT2D eigenvalue weighted by molar-refractivity contribution is 6.02. The van der Waals surface area contributed by atoms with Gasteiger partial charge in [0.1, 0.15) is 11.5 Å². The second kappa shape index (κ2) is 9.95. The van der Waals surface area contributed by atoms with E-state index in [1.54, 1.807) is 13.8 Å². The van der Waals surface area contributed by atoms with Crippen LogP contribution in [0.4, 0.5) is 11.4 Å². The van der Waals surface area contributed by atoms with Gasteiger partial charge in [-0.3, -0.25) is 15.0 Å². The summed E-state index contributed by atoms with van der Waals surface area (Å²) in [5, 5.41) is 31.1. The van der Waals surface area contributed by atoms with Crippen LogP contribution in [0.2, 0.25) is 0 Å². The van der Waals surface area contributed by atoms with Crippen LogP contribution < -0.4 is 4.90 Å². The van der Waals surface area contributed by atoms with E-state index in [0.717, 1.165) is 17.0 Å². The van der Waals surface area contributed by atoms with Gasteiger partial charge in [-0.25, -0.2) is 9.59 Å². The Hall–Kier alpha value is -3.56. The highest BCUT2D eigenvalue weighted by Crippen LogP contribution is 2.30. The predicted molar refractivity (Wildman–Crippen MR) is 99.5 cm³/mol. The molecule has 0 unspecified atom stereocenters. The lowest BCUT2D eigenvalue weighted by molar-refractivity contribution is -0.384. The van der Waals surface area contributed by atoms with Crippen molar-refractivity contribution in [3.05, 3.63) is 57.3 Å². The van der Waals surface area contributed by atoms with Crippen LogP contribution in [0.1, 0.15) is 27.7 Å². The van der Waals surface area contributed by atoms with Gasteiger partial charge in [0.2, 0.25) is 0 Å². The molecule has 0 spiro atoms. The number of nitro benzene ring substituents is 1. The van der Waals surface area contributed by atoms with Gasteiger partial charge in [-0.15, -0.1) is 0 Å². The number of nitro groups is 1. The Balaban J connectivity index is 3.73. The zero-order chi connectivity index (χ0) is 21.4. The number of allylic oxidation sites excluding steroid dienone is 2. The van der Waals surface area contributed by atoms with Crippen molar-refractivity contribution < 1.29 is 34.2 Å². The Morgan fingerprint density at radius 3 is 1.64 bits per heavy atom. The maximum Gasteiger partial charge on any atom is 0.358 e. The summed E-state index contributed by atoms with van der Waals surface area (Å²) in [5.41, 5.74) is -1.05. The zero-order valence-corrected chi connectivity index (χ0v) is 16.0. The first-order valence-electron chi connectivity index (χ1n) is 8.34. The molecule has 2 N–H and O–H groups in total. The van der Waals surface area contributed by atoms with Crippen molar-refractivity contribution in [2.24, 2.45) is 0 Å². The van der Waals surface area contributed by atoms with E-state index in [0.29, 0.717) is 0 Å². The van der Waals surface area contributed by atoms with Crippen LogP contribution in [0.3, 0.4) is 0 Å². The molecule has 10 heteroatoms. The minimum absolute atomic E-state index is 0.0136. The van der Waals surface area contributed by atoms with Gasteiger partial charge in [0.25, 0.3) is 5.69 Å². The SMILES string of the molecule is CCOC(=O)/C(=C(/C)O)N(/C(C(=O)OCC)=C(\C)O)c1ccc([N+](=O)[O-])cc1. The Bertz CT molecular complexity index is 763. The molecule has 0 aliphatic rings. The molecule has 0 bridgehead atoms. The summed E-state index contributed by atoms with van der Waals surface area (Å²) >= 11 is 0. The molecule has 0 aromatic heterocycles. The van der Waals surface area contributed by atoms with E-state index < -0.39 is 39.8 Å². The predicted octanol–water partition coefficient (Wildman–Crippen LogP) is 3.11. The molecule has 152 valence electrons. The third kappa shape index (κ3) is 5.22. The van der Waals surface area contributed by atoms with E-state index >= 15 is 0 Å². The Kier molecular flexibility index (Phi) is 7.99. The lowest BCUT2D eigenvalue weighted by Crippen LogP contribution is -2.34. The number of hydrogen-bond acceptors (Lipinski definition) is 9. The molecule has 0 aliphatic heterocycles. The van der Waals surface area contributed by atoms with Gasteiger partial charge >= 0.3 is 11.9 Å². The first kappa shape index (κ1) is 22.5. The lowest BCUT2D eigenvalue weighted by Gasteiger charge is -2.28. The van der Waals surface area contributed by atoms with E-state index in [-0.39, 0.29) is 24.6 Å². The Morgan fingerprint density at radius 1 is 0.964 bits per heavy atom. The molecule has 10 nitrogen and oxygen atoms in total. The summed E-state index contributed by atoms with van der Waals surface area (Å²) in [6, 6.07) is 4.80. The molecule has 28 heavy (non-hydrogen) atoms. The van der Waals surface area contributed by atoms with Crippen molar-refractivity contribution in [1.82, 2.24) is 0 Å². The molecule has 0 saturated carbocycles. The molecule has 0 radical (unpaired) electrons. The molecule has 0 aliphatic carbocycles. The standard InChI is InChI=1S/C18H22N2O8/c1-5-27-17(23)15(11(3)21)19(16(12(4)22)18(24)28-6-2)13-7-9-14(10-8-13)20(25)26/h7-10,21-22H,5-6H2,1-4H3/b15-11+,16-12+. The zero-order valence-electron chi connectivity index (χ0n) is 16.0. The minimum Gasteiger partial charge on any atom is -0.510 e. The number of anilines is 1. The normalized spacial score (nSPS) is 12.4. The molecular weight excluding hydrogens is 372 g/mol. The first-order chi connectivity index (χ1) is 13.1. The maximum atomic E-state index is 12.4. The van der Waals surface area contributed by atoms with Crippen molar-refractivity contribution in [2.75, 3.05) is 18.1 Å². The Morgan fingerprint density at radius 2 is 1.36 bits per heavy atom. The fourth-order valence-corrected chi connectivity index (χ4v) is 2.29. The summed E-state index contributed by atoms with van der Waals surface area (Å²) in [6.07, 6.45) is 0. The summed E-state index contributed by atoms with van der Waals surface area (Å²) in [4.78, 5) is 36.1. The molecule has 0 fully saturated rings. The highest BCUT2D eigenvalue weighted by atomic mass is 16.6. The maximum absolute atomic E-state index is 12.4. The average Bonchev–Trinajstić information content (AvgIpc) is 2.61. The average molecular weight is 394 g/mol. The number of carbonyl (C=O) groups excluding carboxylic acids is 2. The van der Waals surface area contributed by atoms with Crippen molar-refractivity contribution in [1.29, 1.82) is 0 Å². The van der Waals surface area contributed by atoms with E-state index in [1.807, 2.05) is 0 Å². The third-order valence-corrected chi connectivity index (χ3v) is 3.39. The van der Waals surface area contributed by atoms with E-state index in [1.165, 1.54) is 26.0 Å². The number of ether oxygens (including phenoxy) is 2. The van der Waals surface area contributed by atoms with Gasteiger partial charge < -0.3 is 19.7 Å². The topological polar surface area (TPSA) is 139 Å². The van der Waals surface area contributed by atoms with Crippen LogP contribution in [0.25, 0.3) is 0 Å². The summed E-state index contributed by atoms with van der Waals surface area (Å²) in [5.74, 6) is -2.94. The molecule has 0 amide bonds. The monoisotopic (exact) mass is 394 g/mol. The quantitative estimate of drug-likeness (QED) is 0.224. The number of non-ortho nitro benzene ring substituents is 1. The van der Waals surface area contributed by atoms with Crippen LogP contribution in [0, 0.1) is 10.1 Å². The summed E-state index contributed by atoms with van der Waals surface area (Å²) < 4.78 is 9.87. The molecule has 0 saturated heterocycles. The van der Waals surface area contributed by atoms with Gasteiger partial charge in [0.15, 0.2) is 11.4 Å². The van der Waals surface area contributed by atoms with E-state index in [4.69, 9.17) is 9.47 Å². The number of benzene rings is 1. The molecule has 1 aromatic carbocycles. The molecule has 1 rings (SSSR count). The van der Waals surface area contributed by atoms with Gasteiger partial charge in [0.05, 0.1) is 18.1 Å². The largest absolute Gasteiger partial charge is 0.510 e. The Labute approximate surface area is 161 Å². The van der Waals surface area contributed by atoms with E-state index in [9.17, 15) is 29.9 Å². The number of aliphatic hydroxyl groups excluding tert-OH is 2. The number of carbonyl (C=O) groups is 2. The van der Waals surface area contributed by atoms with E-state index in [2.05, 4.69) is 0 Å². The van der Waals surface area contributed by atoms with Crippen LogP contribution in [0.5, 0.6) is 0 Å². The second-order valence-corrected chi connectivity index (χ2v) is 5.42. The molecular formula is C18H22N2O8. The van der Waals surface area contributed by atoms with Crippen LogP contribution >= 0.6 is 0 Å². The number of rotatable bonds is 8. The smallest absolute Gasteiger partial charge is 0.358 e. The third-order valence-electron chi connectivity index (χ3n) is 3.39. The fraction of sp³-hybridized carbons (Fsp3) is 0.333.